The van der Waals surface area contributed by atoms with Crippen molar-refractivity contribution in [1.82, 2.24) is 15.2 Å². The van der Waals surface area contributed by atoms with E-state index >= 15 is 0 Å². The van der Waals surface area contributed by atoms with Gasteiger partial charge in [-0.25, -0.2) is 13.4 Å². The Kier molecular flexibility index (Phi) is 4.77. The van der Waals surface area contributed by atoms with E-state index in [2.05, 4.69) is 19.9 Å². The molecule has 29 heavy (non-hydrogen) atoms. The molecule has 4 aromatic rings. The molecule has 0 aliphatic carbocycles. The molecular weight excluding hydrogens is 414 g/mol. The number of sulfonamides is 1. The number of fused-ring (bicyclic) bond motifs is 1. The molecule has 0 bridgehead atoms. The number of anilines is 2. The number of aromatic amines is 1. The molecule has 0 spiro atoms. The Bertz CT molecular complexity index is 1300. The third kappa shape index (κ3) is 3.69. The number of hydrogen-bond acceptors (Lipinski definition) is 6. The molecule has 0 fully saturated rings. The van der Waals surface area contributed by atoms with Gasteiger partial charge in [-0.3, -0.25) is 9.82 Å². The van der Waals surface area contributed by atoms with Crippen LogP contribution in [0.4, 0.5) is 11.5 Å². The molecule has 8 nitrogen and oxygen atoms in total. The van der Waals surface area contributed by atoms with Crippen LogP contribution < -0.4 is 15.2 Å². The molecule has 0 radical (unpaired) electrons. The summed E-state index contributed by atoms with van der Waals surface area (Å²) >= 11 is 6.09. The number of aromatic nitrogens is 3. The fraction of sp³-hybridized carbons (Fsp3) is 0.0526. The molecule has 4 rings (SSSR count). The number of nitrogens with two attached hydrogens (primary N) is 1. The van der Waals surface area contributed by atoms with Crippen molar-refractivity contribution in [2.75, 3.05) is 17.6 Å². The fourth-order valence-corrected chi connectivity index (χ4v) is 4.09. The lowest BCUT2D eigenvalue weighted by molar-refractivity contribution is 0.415. The van der Waals surface area contributed by atoms with Gasteiger partial charge >= 0.3 is 0 Å². The molecule has 2 aromatic carbocycles. The van der Waals surface area contributed by atoms with Crippen molar-refractivity contribution in [3.8, 4) is 17.0 Å². The monoisotopic (exact) mass is 429 g/mol. The van der Waals surface area contributed by atoms with E-state index in [9.17, 15) is 8.42 Å². The second kappa shape index (κ2) is 7.26. The third-order valence-electron chi connectivity index (χ3n) is 4.33. The Morgan fingerprint density at radius 1 is 1.10 bits per heavy atom. The summed E-state index contributed by atoms with van der Waals surface area (Å²) in [6.07, 6.45) is 0. The van der Waals surface area contributed by atoms with E-state index in [1.807, 2.05) is 6.07 Å². The van der Waals surface area contributed by atoms with Crippen molar-refractivity contribution in [3.63, 3.8) is 0 Å². The van der Waals surface area contributed by atoms with Crippen molar-refractivity contribution in [3.05, 3.63) is 59.6 Å². The Labute approximate surface area is 171 Å². The number of ether oxygens (including phenoxy) is 1. The zero-order valence-electron chi connectivity index (χ0n) is 15.2. The van der Waals surface area contributed by atoms with E-state index in [-0.39, 0.29) is 15.6 Å². The molecule has 0 saturated carbocycles. The third-order valence-corrected chi connectivity index (χ3v) is 6.04. The average molecular weight is 430 g/mol. The summed E-state index contributed by atoms with van der Waals surface area (Å²) in [5.74, 6) is 0.936. The highest BCUT2D eigenvalue weighted by Crippen LogP contribution is 2.29. The highest BCUT2D eigenvalue weighted by atomic mass is 35.5. The maximum absolute atomic E-state index is 12.7. The number of nitrogens with one attached hydrogen (secondary N) is 2. The van der Waals surface area contributed by atoms with Gasteiger partial charge in [0.15, 0.2) is 5.65 Å². The van der Waals surface area contributed by atoms with Crippen LogP contribution in [-0.4, -0.2) is 30.7 Å². The van der Waals surface area contributed by atoms with E-state index in [1.165, 1.54) is 25.3 Å². The first-order valence-electron chi connectivity index (χ1n) is 8.45. The maximum atomic E-state index is 12.7. The summed E-state index contributed by atoms with van der Waals surface area (Å²) in [4.78, 5) is 4.53. The second-order valence-electron chi connectivity index (χ2n) is 6.18. The summed E-state index contributed by atoms with van der Waals surface area (Å²) in [6, 6.07) is 14.7. The number of rotatable bonds is 5. The van der Waals surface area contributed by atoms with Crippen molar-refractivity contribution in [2.45, 2.75) is 4.90 Å². The summed E-state index contributed by atoms with van der Waals surface area (Å²) in [5.41, 5.74) is 7.89. The van der Waals surface area contributed by atoms with Gasteiger partial charge in [-0.15, -0.1) is 0 Å². The first-order valence-corrected chi connectivity index (χ1v) is 10.3. The van der Waals surface area contributed by atoms with Crippen LogP contribution in [0.5, 0.6) is 5.75 Å². The first kappa shape index (κ1) is 19.0. The van der Waals surface area contributed by atoms with Crippen molar-refractivity contribution in [2.24, 2.45) is 0 Å². The first-order chi connectivity index (χ1) is 13.9. The van der Waals surface area contributed by atoms with Gasteiger partial charge in [0.05, 0.1) is 33.8 Å². The number of nitrogen functional groups attached to an aromatic ring is 1. The van der Waals surface area contributed by atoms with Gasteiger partial charge in [0, 0.05) is 11.6 Å². The SMILES string of the molecule is COc1ccc(Cl)c(NS(=O)(=O)c2ccc(-c3ccc4c(N)[nH]nc4n3)cc2)c1. The largest absolute Gasteiger partial charge is 0.497 e. The van der Waals surface area contributed by atoms with Crippen molar-refractivity contribution < 1.29 is 13.2 Å². The minimum absolute atomic E-state index is 0.0882. The van der Waals surface area contributed by atoms with Gasteiger partial charge in [0.25, 0.3) is 10.0 Å². The molecule has 0 unspecified atom stereocenters. The van der Waals surface area contributed by atoms with Gasteiger partial charge in [0.1, 0.15) is 11.6 Å². The van der Waals surface area contributed by atoms with Crippen LogP contribution in [0.25, 0.3) is 22.3 Å². The number of nitrogens with zero attached hydrogens (tertiary/aromatic N) is 2. The summed E-state index contributed by atoms with van der Waals surface area (Å²) in [5, 5.41) is 7.71. The lowest BCUT2D eigenvalue weighted by Gasteiger charge is -2.11. The number of pyridine rings is 1. The lowest BCUT2D eigenvalue weighted by atomic mass is 10.1. The molecule has 10 heteroatoms. The zero-order valence-corrected chi connectivity index (χ0v) is 16.8. The van der Waals surface area contributed by atoms with E-state index < -0.39 is 10.0 Å². The zero-order chi connectivity index (χ0) is 20.6. The molecule has 4 N–H and O–H groups in total. The normalized spacial score (nSPS) is 11.5. The summed E-state index contributed by atoms with van der Waals surface area (Å²) in [6.45, 7) is 0. The van der Waals surface area contributed by atoms with Crippen molar-refractivity contribution in [1.29, 1.82) is 0 Å². The van der Waals surface area contributed by atoms with Crippen LogP contribution in [0.1, 0.15) is 0 Å². The Balaban J connectivity index is 1.62. The quantitative estimate of drug-likeness (QED) is 0.444. The average Bonchev–Trinajstić information content (AvgIpc) is 3.10. The van der Waals surface area contributed by atoms with Crippen molar-refractivity contribution >= 4 is 44.2 Å². The topological polar surface area (TPSA) is 123 Å². The number of H-pyrrole nitrogens is 1. The molecule has 2 heterocycles. The highest BCUT2D eigenvalue weighted by molar-refractivity contribution is 7.92. The van der Waals surface area contributed by atoms with E-state index in [1.54, 1.807) is 30.3 Å². The van der Waals surface area contributed by atoms with Gasteiger partial charge in [-0.05, 0) is 36.4 Å². The van der Waals surface area contributed by atoms with Crippen LogP contribution in [0.2, 0.25) is 5.02 Å². The Morgan fingerprint density at radius 2 is 1.86 bits per heavy atom. The van der Waals surface area contributed by atoms with Crippen LogP contribution in [-0.2, 0) is 10.0 Å². The van der Waals surface area contributed by atoms with Crippen LogP contribution in [0, 0.1) is 0 Å². The number of methoxy groups -OCH3 is 1. The molecule has 0 aliphatic rings. The van der Waals surface area contributed by atoms with Crippen LogP contribution >= 0.6 is 11.6 Å². The van der Waals surface area contributed by atoms with Gasteiger partial charge < -0.3 is 10.5 Å². The molecule has 0 saturated heterocycles. The van der Waals surface area contributed by atoms with E-state index in [0.717, 1.165) is 10.9 Å². The predicted octanol–water partition coefficient (Wildman–Crippen LogP) is 3.67. The Morgan fingerprint density at radius 3 is 2.59 bits per heavy atom. The standard InChI is InChI=1S/C19H16ClN5O3S/c1-28-12-4-8-15(20)17(10-12)25-29(26,27)13-5-2-11(3-6-13)16-9-7-14-18(21)23-24-19(14)22-16/h2-10,25H,1H3,(H3,21,22,23,24). The molecular formula is C19H16ClN5O3S. The maximum Gasteiger partial charge on any atom is 0.261 e. The predicted molar refractivity (Wildman–Crippen MR) is 113 cm³/mol. The minimum Gasteiger partial charge on any atom is -0.497 e. The summed E-state index contributed by atoms with van der Waals surface area (Å²) in [7, 11) is -2.35. The Hall–Kier alpha value is -3.30. The highest BCUT2D eigenvalue weighted by Gasteiger charge is 2.17. The molecule has 2 aromatic heterocycles. The van der Waals surface area contributed by atoms with E-state index in [0.29, 0.717) is 22.9 Å². The number of halogens is 1. The fourth-order valence-electron chi connectivity index (χ4n) is 2.80. The number of benzene rings is 2. The number of hydrogen-bond donors (Lipinski definition) is 3. The van der Waals surface area contributed by atoms with Gasteiger partial charge in [0.2, 0.25) is 0 Å². The molecule has 0 amide bonds. The minimum atomic E-state index is -3.84. The smallest absolute Gasteiger partial charge is 0.261 e. The lowest BCUT2D eigenvalue weighted by Crippen LogP contribution is -2.13. The second-order valence-corrected chi connectivity index (χ2v) is 8.27. The van der Waals surface area contributed by atoms with Crippen LogP contribution in [0.3, 0.4) is 0 Å². The van der Waals surface area contributed by atoms with E-state index in [4.69, 9.17) is 22.1 Å². The summed E-state index contributed by atoms with van der Waals surface area (Å²) < 4.78 is 33.0. The van der Waals surface area contributed by atoms with Crippen LogP contribution in [0.15, 0.2) is 59.5 Å². The molecule has 148 valence electrons. The molecule has 0 atom stereocenters. The van der Waals surface area contributed by atoms with Gasteiger partial charge in [-0.1, -0.05) is 23.7 Å². The molecule has 0 aliphatic heterocycles. The van der Waals surface area contributed by atoms with Gasteiger partial charge in [-0.2, -0.15) is 5.10 Å².